The van der Waals surface area contributed by atoms with Gasteiger partial charge in [-0.05, 0) is 37.1 Å². The predicted octanol–water partition coefficient (Wildman–Crippen LogP) is 1.16. The molecule has 0 aliphatic carbocycles. The van der Waals surface area contributed by atoms with Crippen LogP contribution in [0.1, 0.15) is 12.8 Å². The number of nitrogens with two attached hydrogens (primary N) is 2. The van der Waals surface area contributed by atoms with E-state index in [2.05, 4.69) is 15.3 Å². The Hall–Kier alpha value is -2.37. The molecule has 0 bridgehead atoms. The summed E-state index contributed by atoms with van der Waals surface area (Å²) in [5.74, 6) is 0.261. The fraction of sp³-hybridized carbons (Fsp3) is 0.312. The maximum absolute atomic E-state index is 12.5. The first-order chi connectivity index (χ1) is 12.8. The second-order valence-corrected chi connectivity index (χ2v) is 8.85. The highest BCUT2D eigenvalue weighted by Gasteiger charge is 2.26. The van der Waals surface area contributed by atoms with Gasteiger partial charge in [-0.1, -0.05) is 11.8 Å². The summed E-state index contributed by atoms with van der Waals surface area (Å²) in [5, 5.41) is 3.02. The summed E-state index contributed by atoms with van der Waals surface area (Å²) in [6, 6.07) is 7.57. The van der Waals surface area contributed by atoms with Crippen molar-refractivity contribution in [2.45, 2.75) is 22.9 Å². The van der Waals surface area contributed by atoms with Crippen LogP contribution in [0.3, 0.4) is 0 Å². The number of nitrogens with one attached hydrogen (secondary N) is 1. The summed E-state index contributed by atoms with van der Waals surface area (Å²) < 4.78 is 26.4. The summed E-state index contributed by atoms with van der Waals surface area (Å²) in [7, 11) is -3.46. The lowest BCUT2D eigenvalue weighted by molar-refractivity contribution is -0.113. The number of thioether (sulfide) groups is 1. The van der Waals surface area contributed by atoms with Crippen LogP contribution in [0.2, 0.25) is 0 Å². The first kappa shape index (κ1) is 19.4. The van der Waals surface area contributed by atoms with Crippen LogP contribution in [0.25, 0.3) is 0 Å². The van der Waals surface area contributed by atoms with Gasteiger partial charge >= 0.3 is 0 Å². The minimum atomic E-state index is -3.46. The smallest absolute Gasteiger partial charge is 0.243 e. The van der Waals surface area contributed by atoms with Crippen molar-refractivity contribution in [3.05, 3.63) is 30.3 Å². The van der Waals surface area contributed by atoms with Gasteiger partial charge in [0.1, 0.15) is 11.6 Å². The molecule has 1 aliphatic heterocycles. The van der Waals surface area contributed by atoms with Crippen LogP contribution in [0.5, 0.6) is 0 Å². The molecule has 1 aromatic carbocycles. The van der Waals surface area contributed by atoms with E-state index in [1.165, 1.54) is 22.5 Å². The quantitative estimate of drug-likeness (QED) is 0.477. The summed E-state index contributed by atoms with van der Waals surface area (Å²) in [5.41, 5.74) is 11.7. The maximum atomic E-state index is 12.5. The topological polar surface area (TPSA) is 144 Å². The van der Waals surface area contributed by atoms with Crippen molar-refractivity contribution in [2.24, 2.45) is 0 Å². The number of hydrogen-bond acceptors (Lipinski definition) is 8. The number of nitrogens with zero attached hydrogens (tertiary/aromatic N) is 3. The lowest BCUT2D eigenvalue weighted by atomic mass is 10.3. The number of carbonyl (C=O) groups excluding carboxylic acids is 1. The van der Waals surface area contributed by atoms with Crippen molar-refractivity contribution >= 4 is 45.0 Å². The first-order valence-electron chi connectivity index (χ1n) is 8.27. The number of aromatic nitrogens is 2. The minimum absolute atomic E-state index is 0.0662. The molecule has 1 amide bonds. The normalized spacial score (nSPS) is 15.0. The Morgan fingerprint density at radius 2 is 1.70 bits per heavy atom. The summed E-state index contributed by atoms with van der Waals surface area (Å²) in [6.45, 7) is 1.10. The molecule has 0 unspecified atom stereocenters. The molecular formula is C16H20N6O3S2. The zero-order valence-corrected chi connectivity index (χ0v) is 16.1. The van der Waals surface area contributed by atoms with Crippen molar-refractivity contribution in [3.63, 3.8) is 0 Å². The number of anilines is 3. The van der Waals surface area contributed by atoms with E-state index in [4.69, 9.17) is 11.5 Å². The van der Waals surface area contributed by atoms with Gasteiger partial charge < -0.3 is 16.8 Å². The first-order valence-corrected chi connectivity index (χ1v) is 10.7. The van der Waals surface area contributed by atoms with Gasteiger partial charge in [0.05, 0.1) is 10.6 Å². The zero-order valence-electron chi connectivity index (χ0n) is 14.5. The van der Waals surface area contributed by atoms with Gasteiger partial charge in [-0.25, -0.2) is 18.4 Å². The average molecular weight is 409 g/mol. The van der Waals surface area contributed by atoms with E-state index in [1.807, 2.05) is 0 Å². The van der Waals surface area contributed by atoms with Gasteiger partial charge in [0.25, 0.3) is 0 Å². The van der Waals surface area contributed by atoms with E-state index in [9.17, 15) is 13.2 Å². The fourth-order valence-corrected chi connectivity index (χ4v) is 4.83. The number of sulfonamides is 1. The second kappa shape index (κ2) is 8.11. The molecule has 144 valence electrons. The van der Waals surface area contributed by atoms with Crippen LogP contribution in [-0.4, -0.2) is 47.4 Å². The lowest BCUT2D eigenvalue weighted by Gasteiger charge is -2.15. The summed E-state index contributed by atoms with van der Waals surface area (Å²) in [4.78, 5) is 20.3. The SMILES string of the molecule is Nc1cc(N)nc(SCC(=O)Nc2ccc(S(=O)(=O)N3CCCC3)cc2)n1. The molecule has 1 fully saturated rings. The Bertz CT molecular complexity index is 907. The van der Waals surface area contributed by atoms with E-state index in [0.717, 1.165) is 24.6 Å². The molecular weight excluding hydrogens is 388 g/mol. The number of rotatable bonds is 6. The molecule has 0 atom stereocenters. The molecule has 2 aromatic rings. The molecule has 1 saturated heterocycles. The third-order valence-electron chi connectivity index (χ3n) is 3.92. The standard InChI is InChI=1S/C16H20N6O3S2/c17-13-9-14(18)21-16(20-13)26-10-15(23)19-11-3-5-12(6-4-11)27(24,25)22-7-1-2-8-22/h3-6,9H,1-2,7-8,10H2,(H,19,23)(H4,17,18,20,21). The third-order valence-corrected chi connectivity index (χ3v) is 6.68. The molecule has 1 aromatic heterocycles. The van der Waals surface area contributed by atoms with Crippen molar-refractivity contribution in [1.82, 2.24) is 14.3 Å². The molecule has 11 heteroatoms. The summed E-state index contributed by atoms with van der Waals surface area (Å²) in [6.07, 6.45) is 1.76. The Kier molecular flexibility index (Phi) is 5.82. The molecule has 1 aliphatic rings. The number of hydrogen-bond donors (Lipinski definition) is 3. The zero-order chi connectivity index (χ0) is 19.4. The van der Waals surface area contributed by atoms with Gasteiger partial charge in [-0.3, -0.25) is 4.79 Å². The molecule has 0 radical (unpaired) electrons. The Labute approximate surface area is 161 Å². The maximum Gasteiger partial charge on any atom is 0.243 e. The monoisotopic (exact) mass is 408 g/mol. The largest absolute Gasteiger partial charge is 0.383 e. The van der Waals surface area contributed by atoms with Crippen molar-refractivity contribution < 1.29 is 13.2 Å². The molecule has 5 N–H and O–H groups in total. The molecule has 2 heterocycles. The molecule has 9 nitrogen and oxygen atoms in total. The van der Waals surface area contributed by atoms with Gasteiger partial charge in [0.2, 0.25) is 15.9 Å². The lowest BCUT2D eigenvalue weighted by Crippen LogP contribution is -2.27. The van der Waals surface area contributed by atoms with Gasteiger partial charge in [0, 0.05) is 24.8 Å². The van der Waals surface area contributed by atoms with E-state index in [1.54, 1.807) is 12.1 Å². The Balaban J connectivity index is 1.58. The molecule has 0 saturated carbocycles. The summed E-state index contributed by atoms with van der Waals surface area (Å²) >= 11 is 1.10. The van der Waals surface area contributed by atoms with Gasteiger partial charge in [-0.2, -0.15) is 4.31 Å². The molecule has 3 rings (SSSR count). The van der Waals surface area contributed by atoms with Crippen LogP contribution < -0.4 is 16.8 Å². The van der Waals surface area contributed by atoms with E-state index in [0.29, 0.717) is 23.9 Å². The van der Waals surface area contributed by atoms with Gasteiger partial charge in [0.15, 0.2) is 5.16 Å². The molecule has 0 spiro atoms. The van der Waals surface area contributed by atoms with E-state index in [-0.39, 0.29) is 28.2 Å². The van der Waals surface area contributed by atoms with Crippen molar-refractivity contribution in [1.29, 1.82) is 0 Å². The highest BCUT2D eigenvalue weighted by Crippen LogP contribution is 2.22. The number of benzene rings is 1. The van der Waals surface area contributed by atoms with Crippen LogP contribution in [0.15, 0.2) is 40.4 Å². The van der Waals surface area contributed by atoms with Crippen LogP contribution in [-0.2, 0) is 14.8 Å². The predicted molar refractivity (Wildman–Crippen MR) is 105 cm³/mol. The highest BCUT2D eigenvalue weighted by molar-refractivity contribution is 7.99. The van der Waals surface area contributed by atoms with Crippen LogP contribution in [0.4, 0.5) is 17.3 Å². The Morgan fingerprint density at radius 3 is 2.30 bits per heavy atom. The van der Waals surface area contributed by atoms with Crippen molar-refractivity contribution in [3.8, 4) is 0 Å². The number of nitrogen functional groups attached to an aromatic ring is 2. The second-order valence-electron chi connectivity index (χ2n) is 5.97. The van der Waals surface area contributed by atoms with Crippen LogP contribution >= 0.6 is 11.8 Å². The van der Waals surface area contributed by atoms with E-state index >= 15 is 0 Å². The van der Waals surface area contributed by atoms with E-state index < -0.39 is 10.0 Å². The number of carbonyl (C=O) groups is 1. The van der Waals surface area contributed by atoms with Crippen molar-refractivity contribution in [2.75, 3.05) is 35.6 Å². The highest BCUT2D eigenvalue weighted by atomic mass is 32.2. The fourth-order valence-electron chi connectivity index (χ4n) is 2.64. The van der Waals surface area contributed by atoms with Crippen LogP contribution in [0, 0.1) is 0 Å². The average Bonchev–Trinajstić information content (AvgIpc) is 3.15. The minimum Gasteiger partial charge on any atom is -0.383 e. The Morgan fingerprint density at radius 1 is 1.11 bits per heavy atom. The van der Waals surface area contributed by atoms with Gasteiger partial charge in [-0.15, -0.1) is 0 Å². The number of amides is 1. The third kappa shape index (κ3) is 4.87. The molecule has 27 heavy (non-hydrogen) atoms.